The summed E-state index contributed by atoms with van der Waals surface area (Å²) in [7, 11) is 0. The Morgan fingerprint density at radius 2 is 1.81 bits per heavy atom. The number of anilines is 2. The second-order valence-electron chi connectivity index (χ2n) is 6.15. The molecule has 0 radical (unpaired) electrons. The number of carbonyl (C=O) groups excluding carboxylic acids is 2. The SMILES string of the molecule is Cc1c(NC(=O)COc2ccc(Br)cc2Br)cccc1NC(=O)C1CC1. The van der Waals surface area contributed by atoms with E-state index in [-0.39, 0.29) is 24.3 Å². The predicted molar refractivity (Wildman–Crippen MR) is 108 cm³/mol. The molecule has 26 heavy (non-hydrogen) atoms. The smallest absolute Gasteiger partial charge is 0.262 e. The molecule has 2 amide bonds. The number of hydrogen-bond acceptors (Lipinski definition) is 3. The number of rotatable bonds is 6. The molecule has 7 heteroatoms. The number of ether oxygens (including phenoxy) is 1. The Bertz CT molecular complexity index is 851. The Balaban J connectivity index is 1.60. The molecule has 5 nitrogen and oxygen atoms in total. The minimum atomic E-state index is -0.270. The van der Waals surface area contributed by atoms with E-state index in [1.54, 1.807) is 18.2 Å². The largest absolute Gasteiger partial charge is 0.483 e. The number of nitrogens with one attached hydrogen (secondary N) is 2. The van der Waals surface area contributed by atoms with Crippen molar-refractivity contribution >= 4 is 55.0 Å². The molecular formula is C19H18Br2N2O3. The predicted octanol–water partition coefficient (Wildman–Crippen LogP) is 4.89. The lowest BCUT2D eigenvalue weighted by molar-refractivity contribution is -0.118. The molecule has 0 aromatic heterocycles. The normalized spacial score (nSPS) is 13.2. The second kappa shape index (κ2) is 8.22. The van der Waals surface area contributed by atoms with Crippen LogP contribution < -0.4 is 15.4 Å². The molecule has 0 unspecified atom stereocenters. The van der Waals surface area contributed by atoms with Crippen molar-refractivity contribution in [1.29, 1.82) is 0 Å². The molecule has 0 saturated heterocycles. The first-order chi connectivity index (χ1) is 12.4. The maximum atomic E-state index is 12.2. The molecule has 0 bridgehead atoms. The molecule has 0 heterocycles. The van der Waals surface area contributed by atoms with Crippen molar-refractivity contribution in [3.05, 3.63) is 50.9 Å². The van der Waals surface area contributed by atoms with Crippen molar-refractivity contribution in [1.82, 2.24) is 0 Å². The summed E-state index contributed by atoms with van der Waals surface area (Å²) in [5.74, 6) is 0.490. The van der Waals surface area contributed by atoms with Gasteiger partial charge in [0.25, 0.3) is 5.91 Å². The molecule has 1 saturated carbocycles. The monoisotopic (exact) mass is 480 g/mol. The molecule has 0 atom stereocenters. The van der Waals surface area contributed by atoms with E-state index in [2.05, 4.69) is 42.5 Å². The van der Waals surface area contributed by atoms with Gasteiger partial charge in [0.15, 0.2) is 6.61 Å². The topological polar surface area (TPSA) is 67.4 Å². The average molecular weight is 482 g/mol. The third kappa shape index (κ3) is 4.86. The molecule has 2 aromatic carbocycles. The van der Waals surface area contributed by atoms with Crippen molar-refractivity contribution in [2.75, 3.05) is 17.2 Å². The van der Waals surface area contributed by atoms with Crippen LogP contribution in [-0.4, -0.2) is 18.4 Å². The molecule has 2 N–H and O–H groups in total. The van der Waals surface area contributed by atoms with Crippen LogP contribution in [0.25, 0.3) is 0 Å². The Morgan fingerprint density at radius 3 is 2.46 bits per heavy atom. The van der Waals surface area contributed by atoms with Crippen LogP contribution in [0.1, 0.15) is 18.4 Å². The van der Waals surface area contributed by atoms with Gasteiger partial charge in [-0.15, -0.1) is 0 Å². The van der Waals surface area contributed by atoms with Gasteiger partial charge in [-0.25, -0.2) is 0 Å². The van der Waals surface area contributed by atoms with Crippen LogP contribution in [0.4, 0.5) is 11.4 Å². The number of benzene rings is 2. The van der Waals surface area contributed by atoms with E-state index in [1.807, 2.05) is 25.1 Å². The summed E-state index contributed by atoms with van der Waals surface area (Å²) in [5.41, 5.74) is 2.19. The molecule has 1 aliphatic rings. The van der Waals surface area contributed by atoms with Gasteiger partial charge in [0.05, 0.1) is 4.47 Å². The zero-order chi connectivity index (χ0) is 18.7. The summed E-state index contributed by atoms with van der Waals surface area (Å²) >= 11 is 6.77. The first-order valence-electron chi connectivity index (χ1n) is 8.22. The standard InChI is InChI=1S/C19H18Br2N2O3/c1-11-15(3-2-4-16(11)23-19(25)12-5-6-12)22-18(24)10-26-17-8-7-13(20)9-14(17)21/h2-4,7-9,12H,5-6,10H2,1H3,(H,22,24)(H,23,25). The molecule has 0 spiro atoms. The van der Waals surface area contributed by atoms with E-state index in [0.29, 0.717) is 11.4 Å². The van der Waals surface area contributed by atoms with E-state index in [9.17, 15) is 9.59 Å². The highest BCUT2D eigenvalue weighted by molar-refractivity contribution is 9.11. The molecule has 1 fully saturated rings. The third-order valence-corrected chi connectivity index (χ3v) is 5.18. The molecule has 136 valence electrons. The average Bonchev–Trinajstić information content (AvgIpc) is 3.43. The van der Waals surface area contributed by atoms with Gasteiger partial charge in [-0.2, -0.15) is 0 Å². The van der Waals surface area contributed by atoms with Gasteiger partial charge < -0.3 is 15.4 Å². The van der Waals surface area contributed by atoms with Crippen molar-refractivity contribution < 1.29 is 14.3 Å². The van der Waals surface area contributed by atoms with Crippen LogP contribution >= 0.6 is 31.9 Å². The second-order valence-corrected chi connectivity index (χ2v) is 7.92. The van der Waals surface area contributed by atoms with Crippen LogP contribution in [-0.2, 0) is 9.59 Å². The quantitative estimate of drug-likeness (QED) is 0.617. The zero-order valence-electron chi connectivity index (χ0n) is 14.1. The summed E-state index contributed by atoms with van der Waals surface area (Å²) in [4.78, 5) is 24.2. The number of amides is 2. The van der Waals surface area contributed by atoms with E-state index in [0.717, 1.165) is 33.0 Å². The highest BCUT2D eigenvalue weighted by Crippen LogP contribution is 2.32. The fourth-order valence-electron chi connectivity index (χ4n) is 2.41. The van der Waals surface area contributed by atoms with Gasteiger partial charge >= 0.3 is 0 Å². The highest BCUT2D eigenvalue weighted by atomic mass is 79.9. The fourth-order valence-corrected chi connectivity index (χ4v) is 3.57. The molecule has 3 rings (SSSR count). The van der Waals surface area contributed by atoms with Gasteiger partial charge in [0, 0.05) is 21.8 Å². The summed E-state index contributed by atoms with van der Waals surface area (Å²) in [6.45, 7) is 1.75. The summed E-state index contributed by atoms with van der Waals surface area (Å²) in [6.07, 6.45) is 1.90. The van der Waals surface area contributed by atoms with Crippen LogP contribution in [0, 0.1) is 12.8 Å². The van der Waals surface area contributed by atoms with Crippen molar-refractivity contribution in [2.24, 2.45) is 5.92 Å². The maximum absolute atomic E-state index is 12.2. The van der Waals surface area contributed by atoms with E-state index < -0.39 is 0 Å². The zero-order valence-corrected chi connectivity index (χ0v) is 17.3. The number of carbonyl (C=O) groups is 2. The lowest BCUT2D eigenvalue weighted by Crippen LogP contribution is -2.21. The molecule has 0 aliphatic heterocycles. The first-order valence-corrected chi connectivity index (χ1v) is 9.81. The Morgan fingerprint density at radius 1 is 1.12 bits per heavy atom. The lowest BCUT2D eigenvalue weighted by Gasteiger charge is -2.14. The molecule has 1 aliphatic carbocycles. The van der Waals surface area contributed by atoms with Crippen LogP contribution in [0.3, 0.4) is 0 Å². The number of hydrogen-bond donors (Lipinski definition) is 2. The summed E-state index contributed by atoms with van der Waals surface area (Å²) < 4.78 is 7.23. The van der Waals surface area contributed by atoms with Gasteiger partial charge in [-0.3, -0.25) is 9.59 Å². The minimum absolute atomic E-state index is 0.0417. The van der Waals surface area contributed by atoms with Crippen molar-refractivity contribution in [3.63, 3.8) is 0 Å². The highest BCUT2D eigenvalue weighted by Gasteiger charge is 2.29. The van der Waals surface area contributed by atoms with Gasteiger partial charge in [-0.1, -0.05) is 22.0 Å². The lowest BCUT2D eigenvalue weighted by atomic mass is 10.1. The fraction of sp³-hybridized carbons (Fsp3) is 0.263. The van der Waals surface area contributed by atoms with E-state index in [4.69, 9.17) is 4.74 Å². The van der Waals surface area contributed by atoms with Crippen LogP contribution in [0.5, 0.6) is 5.75 Å². The Labute approximate surface area is 168 Å². The Hall–Kier alpha value is -1.86. The number of halogens is 2. The Kier molecular flexibility index (Phi) is 5.98. The molecular weight excluding hydrogens is 464 g/mol. The van der Waals surface area contributed by atoms with Crippen LogP contribution in [0.15, 0.2) is 45.3 Å². The van der Waals surface area contributed by atoms with E-state index in [1.165, 1.54) is 0 Å². The maximum Gasteiger partial charge on any atom is 0.262 e. The molecule has 2 aromatic rings. The summed E-state index contributed by atoms with van der Waals surface area (Å²) in [5, 5.41) is 5.75. The minimum Gasteiger partial charge on any atom is -0.483 e. The van der Waals surface area contributed by atoms with Crippen molar-refractivity contribution in [2.45, 2.75) is 19.8 Å². The van der Waals surface area contributed by atoms with Crippen molar-refractivity contribution in [3.8, 4) is 5.75 Å². The summed E-state index contributed by atoms with van der Waals surface area (Å²) in [6, 6.07) is 10.9. The third-order valence-electron chi connectivity index (χ3n) is 4.07. The van der Waals surface area contributed by atoms with Gasteiger partial charge in [0.2, 0.25) is 5.91 Å². The van der Waals surface area contributed by atoms with E-state index >= 15 is 0 Å². The van der Waals surface area contributed by atoms with Crippen LogP contribution in [0.2, 0.25) is 0 Å². The van der Waals surface area contributed by atoms with Gasteiger partial charge in [0.1, 0.15) is 5.75 Å². The first kappa shape index (κ1) is 18.9. The van der Waals surface area contributed by atoms with Gasteiger partial charge in [-0.05, 0) is 71.6 Å².